The molecule has 0 aliphatic carbocycles. The van der Waals surface area contributed by atoms with E-state index in [1.165, 1.54) is 12.8 Å². The van der Waals surface area contributed by atoms with Crippen molar-refractivity contribution in [2.24, 2.45) is 0 Å². The van der Waals surface area contributed by atoms with Crippen LogP contribution >= 0.6 is 0 Å². The molecular formula is C30H36N4O3. The summed E-state index contributed by atoms with van der Waals surface area (Å²) in [5, 5.41) is 8.97. The third kappa shape index (κ3) is 9.28. The van der Waals surface area contributed by atoms with Gasteiger partial charge in [0.25, 0.3) is 0 Å². The Bertz CT molecular complexity index is 1100. The SMILES string of the molecule is O=C(CC[C@H](Cc1ccccc1)NC(=O)Nc1ccc(Oc2ccccc2)cc1)NCCN1CCCC1. The van der Waals surface area contributed by atoms with Crippen LogP contribution in [0.3, 0.4) is 0 Å². The Morgan fingerprint density at radius 2 is 1.49 bits per heavy atom. The fourth-order valence-electron chi connectivity index (χ4n) is 4.46. The molecule has 194 valence electrons. The summed E-state index contributed by atoms with van der Waals surface area (Å²) in [5.41, 5.74) is 1.78. The van der Waals surface area contributed by atoms with Gasteiger partial charge in [-0.1, -0.05) is 48.5 Å². The average Bonchev–Trinajstić information content (AvgIpc) is 3.43. The van der Waals surface area contributed by atoms with E-state index in [9.17, 15) is 9.59 Å². The Morgan fingerprint density at radius 1 is 0.838 bits per heavy atom. The predicted octanol–water partition coefficient (Wildman–Crippen LogP) is 5.20. The fraction of sp³-hybridized carbons (Fsp3) is 0.333. The average molecular weight is 501 g/mol. The van der Waals surface area contributed by atoms with Gasteiger partial charge in [-0.25, -0.2) is 4.79 Å². The quantitative estimate of drug-likeness (QED) is 0.319. The summed E-state index contributed by atoms with van der Waals surface area (Å²) >= 11 is 0. The minimum absolute atomic E-state index is 0.0217. The normalized spacial score (nSPS) is 14.1. The molecule has 3 amide bonds. The number of nitrogens with one attached hydrogen (secondary N) is 3. The molecule has 0 bridgehead atoms. The summed E-state index contributed by atoms with van der Waals surface area (Å²) in [4.78, 5) is 27.6. The maximum atomic E-state index is 12.8. The molecular weight excluding hydrogens is 464 g/mol. The monoisotopic (exact) mass is 500 g/mol. The second kappa shape index (κ2) is 14.0. The highest BCUT2D eigenvalue weighted by molar-refractivity contribution is 5.89. The van der Waals surface area contributed by atoms with Crippen molar-refractivity contribution in [1.29, 1.82) is 0 Å². The third-order valence-corrected chi connectivity index (χ3v) is 6.42. The number of benzene rings is 3. The minimum Gasteiger partial charge on any atom is -0.457 e. The number of amides is 3. The lowest BCUT2D eigenvalue weighted by atomic mass is 10.0. The zero-order valence-electron chi connectivity index (χ0n) is 21.2. The highest BCUT2D eigenvalue weighted by Gasteiger charge is 2.16. The molecule has 1 aliphatic heterocycles. The van der Waals surface area contributed by atoms with Crippen molar-refractivity contribution >= 4 is 17.6 Å². The van der Waals surface area contributed by atoms with Gasteiger partial charge in [-0.2, -0.15) is 0 Å². The molecule has 3 N–H and O–H groups in total. The lowest BCUT2D eigenvalue weighted by Crippen LogP contribution is -2.40. The molecule has 7 heteroatoms. The van der Waals surface area contributed by atoms with E-state index in [0.717, 1.165) is 30.9 Å². The molecule has 1 atom stereocenters. The molecule has 1 aliphatic rings. The van der Waals surface area contributed by atoms with Crippen molar-refractivity contribution in [1.82, 2.24) is 15.5 Å². The van der Waals surface area contributed by atoms with E-state index in [2.05, 4.69) is 20.9 Å². The van der Waals surface area contributed by atoms with Gasteiger partial charge in [0, 0.05) is 31.2 Å². The molecule has 3 aromatic carbocycles. The Kier molecular flexibility index (Phi) is 9.95. The first-order valence-corrected chi connectivity index (χ1v) is 13.1. The topological polar surface area (TPSA) is 82.7 Å². The minimum atomic E-state index is -0.299. The van der Waals surface area contributed by atoms with Crippen molar-refractivity contribution < 1.29 is 14.3 Å². The van der Waals surface area contributed by atoms with Crippen molar-refractivity contribution in [3.63, 3.8) is 0 Å². The van der Waals surface area contributed by atoms with E-state index in [0.29, 0.717) is 37.2 Å². The molecule has 7 nitrogen and oxygen atoms in total. The van der Waals surface area contributed by atoms with E-state index in [1.807, 2.05) is 72.8 Å². The van der Waals surface area contributed by atoms with Gasteiger partial charge >= 0.3 is 6.03 Å². The summed E-state index contributed by atoms with van der Waals surface area (Å²) in [6, 6.07) is 26.3. The highest BCUT2D eigenvalue weighted by atomic mass is 16.5. The molecule has 4 rings (SSSR count). The van der Waals surface area contributed by atoms with Gasteiger partial charge in [0.15, 0.2) is 0 Å². The number of hydrogen-bond acceptors (Lipinski definition) is 4. The molecule has 0 radical (unpaired) electrons. The molecule has 0 saturated carbocycles. The van der Waals surface area contributed by atoms with Crippen LogP contribution in [0.4, 0.5) is 10.5 Å². The molecule has 0 spiro atoms. The van der Waals surface area contributed by atoms with Crippen molar-refractivity contribution in [3.05, 3.63) is 90.5 Å². The number of carbonyl (C=O) groups is 2. The summed E-state index contributed by atoms with van der Waals surface area (Å²) in [6.45, 7) is 3.81. The Morgan fingerprint density at radius 3 is 2.19 bits per heavy atom. The zero-order chi connectivity index (χ0) is 25.7. The zero-order valence-corrected chi connectivity index (χ0v) is 21.2. The molecule has 1 saturated heterocycles. The predicted molar refractivity (Wildman–Crippen MR) is 147 cm³/mol. The molecule has 37 heavy (non-hydrogen) atoms. The highest BCUT2D eigenvalue weighted by Crippen LogP contribution is 2.22. The summed E-state index contributed by atoms with van der Waals surface area (Å²) < 4.78 is 5.81. The van der Waals surface area contributed by atoms with Crippen molar-refractivity contribution in [3.8, 4) is 11.5 Å². The lowest BCUT2D eigenvalue weighted by molar-refractivity contribution is -0.121. The Balaban J connectivity index is 1.26. The molecule has 1 fully saturated rings. The van der Waals surface area contributed by atoms with Gasteiger partial charge in [0.05, 0.1) is 0 Å². The van der Waals surface area contributed by atoms with Crippen LogP contribution in [0.25, 0.3) is 0 Å². The van der Waals surface area contributed by atoms with E-state index >= 15 is 0 Å². The van der Waals surface area contributed by atoms with Crippen molar-refractivity contribution in [2.75, 3.05) is 31.5 Å². The number of likely N-dealkylation sites (tertiary alicyclic amines) is 1. The number of nitrogens with zero attached hydrogens (tertiary/aromatic N) is 1. The standard InChI is InChI=1S/C30H36N4O3/c35-29(31-19-22-34-20-7-8-21-34)18-15-26(23-24-9-3-1-4-10-24)33-30(36)32-25-13-16-28(17-14-25)37-27-11-5-2-6-12-27/h1-6,9-14,16-17,26H,7-8,15,18-23H2,(H,31,35)(H2,32,33,36)/t26-/m1/s1. The van der Waals surface area contributed by atoms with Gasteiger partial charge in [0.2, 0.25) is 5.91 Å². The van der Waals surface area contributed by atoms with E-state index in [1.54, 1.807) is 12.1 Å². The summed E-state index contributed by atoms with van der Waals surface area (Å²) in [7, 11) is 0. The van der Waals surface area contributed by atoms with Crippen LogP contribution in [0, 0.1) is 0 Å². The maximum absolute atomic E-state index is 12.8. The lowest BCUT2D eigenvalue weighted by Gasteiger charge is -2.20. The number of rotatable bonds is 12. The van der Waals surface area contributed by atoms with Crippen molar-refractivity contribution in [2.45, 2.75) is 38.1 Å². The second-order valence-corrected chi connectivity index (χ2v) is 9.36. The number of ether oxygens (including phenoxy) is 1. The number of urea groups is 1. The molecule has 0 unspecified atom stereocenters. The van der Waals surface area contributed by atoms with Gasteiger partial charge in [-0.15, -0.1) is 0 Å². The van der Waals surface area contributed by atoms with Crippen LogP contribution < -0.4 is 20.7 Å². The first-order valence-electron chi connectivity index (χ1n) is 13.1. The van der Waals surface area contributed by atoms with Gasteiger partial charge in [0.1, 0.15) is 11.5 Å². The summed E-state index contributed by atoms with van der Waals surface area (Å²) in [6.07, 6.45) is 4.06. The van der Waals surface area contributed by atoms with Crippen LogP contribution in [0.5, 0.6) is 11.5 Å². The fourth-order valence-corrected chi connectivity index (χ4v) is 4.46. The number of anilines is 1. The van der Waals surface area contributed by atoms with Crippen LogP contribution in [0.1, 0.15) is 31.2 Å². The van der Waals surface area contributed by atoms with Crippen LogP contribution in [-0.4, -0.2) is 49.1 Å². The van der Waals surface area contributed by atoms with E-state index in [4.69, 9.17) is 4.74 Å². The number of carbonyl (C=O) groups excluding carboxylic acids is 2. The number of hydrogen-bond donors (Lipinski definition) is 3. The molecule has 3 aromatic rings. The first kappa shape index (κ1) is 26.2. The molecule has 0 aromatic heterocycles. The van der Waals surface area contributed by atoms with Crippen LogP contribution in [-0.2, 0) is 11.2 Å². The largest absolute Gasteiger partial charge is 0.457 e. The van der Waals surface area contributed by atoms with E-state index < -0.39 is 0 Å². The Labute approximate surface area is 219 Å². The summed E-state index contributed by atoms with van der Waals surface area (Å²) in [5.74, 6) is 1.47. The molecule has 1 heterocycles. The second-order valence-electron chi connectivity index (χ2n) is 9.36. The van der Waals surface area contributed by atoms with Crippen LogP contribution in [0.15, 0.2) is 84.9 Å². The van der Waals surface area contributed by atoms with Gasteiger partial charge in [-0.05, 0) is 80.7 Å². The van der Waals surface area contributed by atoms with Gasteiger partial charge < -0.3 is 25.6 Å². The number of para-hydroxylation sites is 1. The first-order chi connectivity index (χ1) is 18.1. The Hall–Kier alpha value is -3.84. The third-order valence-electron chi connectivity index (χ3n) is 6.42. The van der Waals surface area contributed by atoms with Gasteiger partial charge in [-0.3, -0.25) is 4.79 Å². The van der Waals surface area contributed by atoms with E-state index in [-0.39, 0.29) is 18.0 Å². The van der Waals surface area contributed by atoms with Crippen LogP contribution in [0.2, 0.25) is 0 Å². The maximum Gasteiger partial charge on any atom is 0.319 e. The smallest absolute Gasteiger partial charge is 0.319 e.